The number of hydrogen-bond donors (Lipinski definition) is 2. The fourth-order valence-corrected chi connectivity index (χ4v) is 3.76. The van der Waals surface area contributed by atoms with Gasteiger partial charge in [-0.25, -0.2) is 13.1 Å². The molecule has 118 valence electrons. The molecule has 0 aromatic carbocycles. The van der Waals surface area contributed by atoms with Gasteiger partial charge in [-0.15, -0.1) is 0 Å². The standard InChI is InChI=1S/C13H21N3O4S/c17-13(18)7-8-16-10-12(9-14-16)21(19,20)15-11-5-3-1-2-4-6-11/h9-11,15H,1-8H2,(H,17,18). The summed E-state index contributed by atoms with van der Waals surface area (Å²) in [4.78, 5) is 10.6. The molecule has 0 unspecified atom stereocenters. The van der Waals surface area contributed by atoms with E-state index in [1.165, 1.54) is 17.1 Å². The molecule has 7 nitrogen and oxygen atoms in total. The molecule has 2 N–H and O–H groups in total. The Hall–Kier alpha value is -1.41. The number of carbonyl (C=O) groups is 1. The number of nitrogens with one attached hydrogen (secondary N) is 1. The Morgan fingerprint density at radius 1 is 1.33 bits per heavy atom. The van der Waals surface area contributed by atoms with Gasteiger partial charge in [-0.2, -0.15) is 5.10 Å². The summed E-state index contributed by atoms with van der Waals surface area (Å²) in [7, 11) is -3.57. The molecular formula is C13H21N3O4S. The molecule has 0 saturated heterocycles. The molecular weight excluding hydrogens is 294 g/mol. The van der Waals surface area contributed by atoms with Crippen LogP contribution in [0.1, 0.15) is 44.9 Å². The van der Waals surface area contributed by atoms with E-state index in [0.29, 0.717) is 0 Å². The molecule has 0 radical (unpaired) electrons. The van der Waals surface area contributed by atoms with E-state index in [-0.39, 0.29) is 23.9 Å². The zero-order valence-electron chi connectivity index (χ0n) is 11.9. The lowest BCUT2D eigenvalue weighted by molar-refractivity contribution is -0.137. The smallest absolute Gasteiger partial charge is 0.305 e. The number of rotatable bonds is 6. The molecule has 21 heavy (non-hydrogen) atoms. The lowest BCUT2D eigenvalue weighted by Crippen LogP contribution is -2.34. The van der Waals surface area contributed by atoms with E-state index in [2.05, 4.69) is 9.82 Å². The average molecular weight is 315 g/mol. The maximum Gasteiger partial charge on any atom is 0.305 e. The summed E-state index contributed by atoms with van der Waals surface area (Å²) in [5.74, 6) is -0.938. The third-order valence-corrected chi connectivity index (χ3v) is 5.13. The lowest BCUT2D eigenvalue weighted by Gasteiger charge is -2.15. The van der Waals surface area contributed by atoms with Crippen LogP contribution in [0.2, 0.25) is 0 Å². The van der Waals surface area contributed by atoms with Crippen LogP contribution in [0.25, 0.3) is 0 Å². The molecule has 1 saturated carbocycles. The minimum Gasteiger partial charge on any atom is -0.481 e. The van der Waals surface area contributed by atoms with Gasteiger partial charge in [0.25, 0.3) is 0 Å². The summed E-state index contributed by atoms with van der Waals surface area (Å²) in [6.45, 7) is 0.161. The Bertz CT molecular complexity index is 574. The third kappa shape index (κ3) is 4.82. The van der Waals surface area contributed by atoms with Crippen LogP contribution in [-0.2, 0) is 21.4 Å². The first-order chi connectivity index (χ1) is 9.97. The van der Waals surface area contributed by atoms with Crippen LogP contribution in [-0.4, -0.2) is 35.3 Å². The summed E-state index contributed by atoms with van der Waals surface area (Å²) in [6, 6.07) is -0.0140. The van der Waals surface area contributed by atoms with E-state index in [9.17, 15) is 13.2 Å². The van der Waals surface area contributed by atoms with E-state index in [1.54, 1.807) is 0 Å². The Labute approximate surface area is 124 Å². The third-order valence-electron chi connectivity index (χ3n) is 3.65. The fraction of sp³-hybridized carbons (Fsp3) is 0.692. The van der Waals surface area contributed by atoms with Gasteiger partial charge in [0.2, 0.25) is 10.0 Å². The van der Waals surface area contributed by atoms with Crippen LogP contribution < -0.4 is 4.72 Å². The van der Waals surface area contributed by atoms with Gasteiger partial charge in [-0.05, 0) is 12.8 Å². The van der Waals surface area contributed by atoms with E-state index in [4.69, 9.17) is 5.11 Å². The van der Waals surface area contributed by atoms with Gasteiger partial charge < -0.3 is 5.11 Å². The van der Waals surface area contributed by atoms with Crippen molar-refractivity contribution in [2.24, 2.45) is 0 Å². The highest BCUT2D eigenvalue weighted by atomic mass is 32.2. The van der Waals surface area contributed by atoms with Gasteiger partial charge in [-0.3, -0.25) is 9.48 Å². The van der Waals surface area contributed by atoms with Crippen LogP contribution in [0, 0.1) is 0 Å². The zero-order valence-corrected chi connectivity index (χ0v) is 12.7. The first kappa shape index (κ1) is 16.0. The normalized spacial score (nSPS) is 17.5. The van der Waals surface area contributed by atoms with Crippen molar-refractivity contribution in [3.8, 4) is 0 Å². The van der Waals surface area contributed by atoms with E-state index in [0.717, 1.165) is 38.5 Å². The maximum atomic E-state index is 12.3. The van der Waals surface area contributed by atoms with Crippen molar-refractivity contribution in [2.75, 3.05) is 0 Å². The first-order valence-electron chi connectivity index (χ1n) is 7.24. The monoisotopic (exact) mass is 315 g/mol. The summed E-state index contributed by atoms with van der Waals surface area (Å²) >= 11 is 0. The number of nitrogens with zero attached hydrogens (tertiary/aromatic N) is 2. The highest BCUT2D eigenvalue weighted by Gasteiger charge is 2.22. The molecule has 0 aliphatic heterocycles. The van der Waals surface area contributed by atoms with E-state index < -0.39 is 16.0 Å². The maximum absolute atomic E-state index is 12.3. The Balaban J connectivity index is 1.99. The number of carboxylic acid groups (broad SMARTS) is 1. The van der Waals surface area contributed by atoms with Crippen LogP contribution in [0.3, 0.4) is 0 Å². The molecule has 1 fully saturated rings. The summed E-state index contributed by atoms with van der Waals surface area (Å²) in [6.07, 6.45) is 8.70. The van der Waals surface area contributed by atoms with Crippen LogP contribution in [0.4, 0.5) is 0 Å². The number of carboxylic acids is 1. The Kier molecular flexibility index (Phi) is 5.35. The number of aromatic nitrogens is 2. The number of hydrogen-bond acceptors (Lipinski definition) is 4. The highest BCUT2D eigenvalue weighted by Crippen LogP contribution is 2.19. The number of sulfonamides is 1. The van der Waals surface area contributed by atoms with Crippen molar-refractivity contribution < 1.29 is 18.3 Å². The van der Waals surface area contributed by atoms with Crippen molar-refractivity contribution in [3.63, 3.8) is 0 Å². The molecule has 0 amide bonds. The quantitative estimate of drug-likeness (QED) is 0.772. The number of aliphatic carboxylic acids is 1. The number of aryl methyl sites for hydroxylation is 1. The van der Waals surface area contributed by atoms with Gasteiger partial charge in [-0.1, -0.05) is 25.7 Å². The first-order valence-corrected chi connectivity index (χ1v) is 8.72. The molecule has 0 bridgehead atoms. The SMILES string of the molecule is O=C(O)CCn1cc(S(=O)(=O)NC2CCCCCC2)cn1. The Morgan fingerprint density at radius 3 is 2.62 bits per heavy atom. The van der Waals surface area contributed by atoms with Crippen LogP contribution >= 0.6 is 0 Å². The highest BCUT2D eigenvalue weighted by molar-refractivity contribution is 7.89. The van der Waals surface area contributed by atoms with E-state index >= 15 is 0 Å². The molecule has 0 atom stereocenters. The minimum atomic E-state index is -3.57. The van der Waals surface area contributed by atoms with Gasteiger partial charge in [0.1, 0.15) is 4.90 Å². The molecule has 2 rings (SSSR count). The van der Waals surface area contributed by atoms with Crippen molar-refractivity contribution in [1.82, 2.24) is 14.5 Å². The van der Waals surface area contributed by atoms with E-state index in [1.807, 2.05) is 0 Å². The van der Waals surface area contributed by atoms with Crippen molar-refractivity contribution in [3.05, 3.63) is 12.4 Å². The molecule has 1 aromatic rings. The minimum absolute atomic E-state index is 0.0140. The zero-order chi connectivity index (χ0) is 15.3. The van der Waals surface area contributed by atoms with Gasteiger partial charge in [0.15, 0.2) is 0 Å². The Morgan fingerprint density at radius 2 is 2.00 bits per heavy atom. The molecule has 1 aliphatic rings. The topological polar surface area (TPSA) is 101 Å². The van der Waals surface area contributed by atoms with Gasteiger partial charge in [0, 0.05) is 12.2 Å². The fourth-order valence-electron chi connectivity index (χ4n) is 2.50. The predicted molar refractivity (Wildman–Crippen MR) is 76.3 cm³/mol. The largest absolute Gasteiger partial charge is 0.481 e. The molecule has 1 aromatic heterocycles. The predicted octanol–water partition coefficient (Wildman–Crippen LogP) is 1.36. The second-order valence-corrected chi connectivity index (χ2v) is 7.11. The van der Waals surface area contributed by atoms with Crippen LogP contribution in [0.5, 0.6) is 0 Å². The van der Waals surface area contributed by atoms with Crippen molar-refractivity contribution >= 4 is 16.0 Å². The molecule has 1 heterocycles. The van der Waals surface area contributed by atoms with Crippen molar-refractivity contribution in [2.45, 2.75) is 62.4 Å². The second-order valence-electron chi connectivity index (χ2n) is 5.39. The van der Waals surface area contributed by atoms with Crippen molar-refractivity contribution in [1.29, 1.82) is 0 Å². The summed E-state index contributed by atoms with van der Waals surface area (Å²) in [5, 5.41) is 12.5. The molecule has 8 heteroatoms. The molecule has 1 aliphatic carbocycles. The van der Waals surface area contributed by atoms with Gasteiger partial charge >= 0.3 is 5.97 Å². The average Bonchev–Trinajstić information content (AvgIpc) is 2.76. The molecule has 0 spiro atoms. The lowest BCUT2D eigenvalue weighted by atomic mass is 10.1. The van der Waals surface area contributed by atoms with Crippen LogP contribution in [0.15, 0.2) is 17.3 Å². The second kappa shape index (κ2) is 7.04. The summed E-state index contributed by atoms with van der Waals surface area (Å²) < 4.78 is 28.6. The summed E-state index contributed by atoms with van der Waals surface area (Å²) in [5.41, 5.74) is 0. The van der Waals surface area contributed by atoms with Gasteiger partial charge in [0.05, 0.1) is 19.2 Å².